The van der Waals surface area contributed by atoms with Gasteiger partial charge in [-0.1, -0.05) is 18.2 Å². The highest BCUT2D eigenvalue weighted by molar-refractivity contribution is 5.74. The van der Waals surface area contributed by atoms with E-state index in [4.69, 9.17) is 0 Å². The second-order valence-corrected chi connectivity index (χ2v) is 3.73. The van der Waals surface area contributed by atoms with Crippen molar-refractivity contribution >= 4 is 6.29 Å². The lowest BCUT2D eigenvalue weighted by molar-refractivity contribution is 0.112. The summed E-state index contributed by atoms with van der Waals surface area (Å²) in [5.41, 5.74) is -0.616. The van der Waals surface area contributed by atoms with Crippen LogP contribution in [0.5, 0.6) is 0 Å². The number of hydrogen-bond donors (Lipinski definition) is 1. The fourth-order valence-corrected chi connectivity index (χ4v) is 1.56. The van der Waals surface area contributed by atoms with Crippen molar-refractivity contribution in [1.82, 2.24) is 9.55 Å². The SMILES string of the molecule is O=Cc1cccc(Cn2cc(F)c(=O)[nH]c2=O)c1. The number of carbonyl (C=O) groups excluding carboxylic acids is 1. The number of hydrogen-bond acceptors (Lipinski definition) is 3. The zero-order chi connectivity index (χ0) is 13.1. The van der Waals surface area contributed by atoms with Crippen LogP contribution in [0.15, 0.2) is 40.1 Å². The van der Waals surface area contributed by atoms with Gasteiger partial charge < -0.3 is 0 Å². The molecule has 0 saturated heterocycles. The molecule has 18 heavy (non-hydrogen) atoms. The number of aromatic amines is 1. The molecule has 0 saturated carbocycles. The number of carbonyl (C=O) groups is 1. The first-order valence-corrected chi connectivity index (χ1v) is 5.13. The highest BCUT2D eigenvalue weighted by atomic mass is 19.1. The monoisotopic (exact) mass is 248 g/mol. The van der Waals surface area contributed by atoms with Crippen LogP contribution in [0.3, 0.4) is 0 Å². The van der Waals surface area contributed by atoms with Gasteiger partial charge >= 0.3 is 5.69 Å². The maximum Gasteiger partial charge on any atom is 0.328 e. The highest BCUT2D eigenvalue weighted by Crippen LogP contribution is 2.04. The molecule has 1 aromatic carbocycles. The van der Waals surface area contributed by atoms with Crippen LogP contribution < -0.4 is 11.2 Å². The molecule has 6 heteroatoms. The van der Waals surface area contributed by atoms with Crippen molar-refractivity contribution < 1.29 is 9.18 Å². The minimum absolute atomic E-state index is 0.0776. The largest absolute Gasteiger partial charge is 0.328 e. The number of rotatable bonds is 3. The zero-order valence-electron chi connectivity index (χ0n) is 9.22. The molecular formula is C12H9FN2O3. The number of aldehydes is 1. The number of nitrogens with zero attached hydrogens (tertiary/aromatic N) is 1. The van der Waals surface area contributed by atoms with Gasteiger partial charge in [0.15, 0.2) is 0 Å². The van der Waals surface area contributed by atoms with Gasteiger partial charge in [-0.25, -0.2) is 4.79 Å². The van der Waals surface area contributed by atoms with Crippen molar-refractivity contribution in [2.75, 3.05) is 0 Å². The Kier molecular flexibility index (Phi) is 3.18. The van der Waals surface area contributed by atoms with Crippen LogP contribution in [0.1, 0.15) is 15.9 Å². The number of halogens is 1. The fourth-order valence-electron chi connectivity index (χ4n) is 1.56. The molecule has 0 aliphatic carbocycles. The Morgan fingerprint density at radius 3 is 2.83 bits per heavy atom. The number of benzene rings is 1. The van der Waals surface area contributed by atoms with Gasteiger partial charge in [-0.15, -0.1) is 0 Å². The van der Waals surface area contributed by atoms with E-state index in [-0.39, 0.29) is 6.54 Å². The molecule has 1 aromatic heterocycles. The summed E-state index contributed by atoms with van der Waals surface area (Å²) in [6.07, 6.45) is 1.52. The van der Waals surface area contributed by atoms with Crippen LogP contribution in [-0.4, -0.2) is 15.8 Å². The maximum atomic E-state index is 13.0. The summed E-state index contributed by atoms with van der Waals surface area (Å²) in [6, 6.07) is 6.56. The first-order chi connectivity index (χ1) is 8.60. The van der Waals surface area contributed by atoms with Crippen LogP contribution in [0.25, 0.3) is 0 Å². The molecule has 0 radical (unpaired) electrons. The molecule has 2 aromatic rings. The average molecular weight is 248 g/mol. The van der Waals surface area contributed by atoms with Crippen molar-refractivity contribution in [2.24, 2.45) is 0 Å². The van der Waals surface area contributed by atoms with Crippen molar-refractivity contribution in [3.63, 3.8) is 0 Å². The van der Waals surface area contributed by atoms with Crippen LogP contribution in [0.4, 0.5) is 4.39 Å². The molecule has 92 valence electrons. The molecular weight excluding hydrogens is 239 g/mol. The van der Waals surface area contributed by atoms with E-state index < -0.39 is 17.1 Å². The predicted molar refractivity (Wildman–Crippen MR) is 62.2 cm³/mol. The molecule has 2 rings (SSSR count). The van der Waals surface area contributed by atoms with Gasteiger partial charge in [-0.2, -0.15) is 4.39 Å². The highest BCUT2D eigenvalue weighted by Gasteiger charge is 2.04. The van der Waals surface area contributed by atoms with Gasteiger partial charge in [-0.05, 0) is 11.6 Å². The molecule has 0 spiro atoms. The van der Waals surface area contributed by atoms with E-state index in [1.165, 1.54) is 0 Å². The van der Waals surface area contributed by atoms with Gasteiger partial charge in [0, 0.05) is 5.56 Å². The lowest BCUT2D eigenvalue weighted by atomic mass is 10.1. The van der Waals surface area contributed by atoms with Gasteiger partial charge in [0.2, 0.25) is 5.82 Å². The molecule has 0 unspecified atom stereocenters. The quantitative estimate of drug-likeness (QED) is 0.805. The predicted octanol–water partition coefficient (Wildman–Crippen LogP) is 0.536. The first kappa shape index (κ1) is 12.0. The minimum Gasteiger partial charge on any atom is -0.298 e. The first-order valence-electron chi connectivity index (χ1n) is 5.13. The number of H-pyrrole nitrogens is 1. The molecule has 0 atom stereocenters. The van der Waals surface area contributed by atoms with E-state index in [1.807, 2.05) is 4.98 Å². The van der Waals surface area contributed by atoms with Crippen LogP contribution >= 0.6 is 0 Å². The zero-order valence-corrected chi connectivity index (χ0v) is 9.22. The van der Waals surface area contributed by atoms with Crippen molar-refractivity contribution in [1.29, 1.82) is 0 Å². The standard InChI is InChI=1S/C12H9FN2O3/c13-10-6-15(12(18)14-11(10)17)5-8-2-1-3-9(4-8)7-16/h1-4,6-7H,5H2,(H,14,17,18). The average Bonchev–Trinajstić information content (AvgIpc) is 2.36. The summed E-state index contributed by atoms with van der Waals surface area (Å²) in [6.45, 7) is 0.0776. The van der Waals surface area contributed by atoms with Gasteiger partial charge in [-0.3, -0.25) is 19.1 Å². The Morgan fingerprint density at radius 2 is 2.11 bits per heavy atom. The normalized spacial score (nSPS) is 10.3. The van der Waals surface area contributed by atoms with E-state index in [1.54, 1.807) is 24.3 Å². The topological polar surface area (TPSA) is 71.9 Å². The van der Waals surface area contributed by atoms with Crippen molar-refractivity contribution in [3.8, 4) is 0 Å². The number of nitrogens with one attached hydrogen (secondary N) is 1. The molecule has 0 bridgehead atoms. The van der Waals surface area contributed by atoms with E-state index in [0.717, 1.165) is 10.8 Å². The van der Waals surface area contributed by atoms with Crippen LogP contribution in [0, 0.1) is 5.82 Å². The smallest absolute Gasteiger partial charge is 0.298 e. The summed E-state index contributed by atoms with van der Waals surface area (Å²) in [7, 11) is 0. The molecule has 0 fully saturated rings. The van der Waals surface area contributed by atoms with Crippen molar-refractivity contribution in [2.45, 2.75) is 6.54 Å². The third kappa shape index (κ3) is 2.42. The summed E-state index contributed by atoms with van der Waals surface area (Å²) in [4.78, 5) is 34.7. The molecule has 1 heterocycles. The third-order valence-electron chi connectivity index (χ3n) is 2.41. The Hall–Kier alpha value is -2.50. The van der Waals surface area contributed by atoms with Crippen LogP contribution in [-0.2, 0) is 6.54 Å². The minimum atomic E-state index is -1.04. The summed E-state index contributed by atoms with van der Waals surface area (Å²) < 4.78 is 14.1. The summed E-state index contributed by atoms with van der Waals surface area (Å²) in [5.74, 6) is -1.03. The maximum absolute atomic E-state index is 13.0. The van der Waals surface area contributed by atoms with E-state index in [2.05, 4.69) is 0 Å². The van der Waals surface area contributed by atoms with Crippen LogP contribution in [0.2, 0.25) is 0 Å². The van der Waals surface area contributed by atoms with Gasteiger partial charge in [0.05, 0.1) is 12.7 Å². The molecule has 0 aliphatic rings. The van der Waals surface area contributed by atoms with Gasteiger partial charge in [0.25, 0.3) is 5.56 Å². The lowest BCUT2D eigenvalue weighted by Crippen LogP contribution is -2.31. The third-order valence-corrected chi connectivity index (χ3v) is 2.41. The Balaban J connectivity index is 2.39. The van der Waals surface area contributed by atoms with E-state index in [9.17, 15) is 18.8 Å². The molecule has 0 amide bonds. The fraction of sp³-hybridized carbons (Fsp3) is 0.0833. The summed E-state index contributed by atoms with van der Waals surface area (Å²) in [5, 5.41) is 0. The Labute approximate surface area is 101 Å². The second kappa shape index (κ2) is 4.79. The van der Waals surface area contributed by atoms with Gasteiger partial charge in [0.1, 0.15) is 6.29 Å². The summed E-state index contributed by atoms with van der Waals surface area (Å²) >= 11 is 0. The van der Waals surface area contributed by atoms with E-state index >= 15 is 0 Å². The Bertz CT molecular complexity index is 703. The Morgan fingerprint density at radius 1 is 1.33 bits per heavy atom. The molecule has 5 nitrogen and oxygen atoms in total. The second-order valence-electron chi connectivity index (χ2n) is 3.73. The number of aromatic nitrogens is 2. The molecule has 1 N–H and O–H groups in total. The molecule has 0 aliphatic heterocycles. The lowest BCUT2D eigenvalue weighted by Gasteiger charge is -2.05. The van der Waals surface area contributed by atoms with E-state index in [0.29, 0.717) is 17.4 Å². The van der Waals surface area contributed by atoms with Crippen molar-refractivity contribution in [3.05, 3.63) is 68.2 Å².